The molecule has 3 aliphatic rings. The van der Waals surface area contributed by atoms with Crippen LogP contribution in [0.25, 0.3) is 70.1 Å². The summed E-state index contributed by atoms with van der Waals surface area (Å²) in [7, 11) is 0. The molecule has 3 aromatic carbocycles. The molecule has 0 atom stereocenters. The Morgan fingerprint density at radius 1 is 0.397 bits per heavy atom. The van der Waals surface area contributed by atoms with Crippen LogP contribution >= 0.6 is 69.7 Å². The summed E-state index contributed by atoms with van der Waals surface area (Å²) in [5, 5.41) is 0. The standard InChI is InChI=1S/C68H90N4S6/c1-9-15-21-27-33-67(34-28-22-16-10-2)52-42-48-53(41-47(52)58-54(67)39-45(7)60-62(58)71-77-69-60)68(35-29-23-17-11-3,36-30-24-18-12-4)55-43-49(61-63(59(48)55)72-78-70-61)56-44-51-57(50-40-46(8)75-64(50)65(51)76-56)66(73-37-31-25-19-13-5)74-38-32-26-20-14-6/h39-44H,9-38H2,1-8H3. The smallest absolute Gasteiger partial charge is 0.114 e. The highest BCUT2D eigenvalue weighted by molar-refractivity contribution is 8.22. The highest BCUT2D eigenvalue weighted by Crippen LogP contribution is 2.64. The fourth-order valence-corrected chi connectivity index (χ4v) is 20.2. The lowest BCUT2D eigenvalue weighted by molar-refractivity contribution is 0.397. The molecule has 0 unspecified atom stereocenters. The Morgan fingerprint density at radius 3 is 1.31 bits per heavy atom. The third kappa shape index (κ3) is 11.3. The van der Waals surface area contributed by atoms with E-state index in [4.69, 9.17) is 17.5 Å². The molecule has 78 heavy (non-hydrogen) atoms. The van der Waals surface area contributed by atoms with Crippen LogP contribution in [0.4, 0.5) is 0 Å². The van der Waals surface area contributed by atoms with Gasteiger partial charge in [-0.05, 0) is 133 Å². The van der Waals surface area contributed by atoms with Crippen molar-refractivity contribution in [3.8, 4) is 42.4 Å². The molecule has 418 valence electrons. The van der Waals surface area contributed by atoms with E-state index < -0.39 is 0 Å². The van der Waals surface area contributed by atoms with Crippen molar-refractivity contribution in [3.63, 3.8) is 0 Å². The number of hydrogen-bond acceptors (Lipinski definition) is 10. The predicted molar refractivity (Wildman–Crippen MR) is 351 cm³/mol. The van der Waals surface area contributed by atoms with Gasteiger partial charge in [-0.1, -0.05) is 189 Å². The molecule has 0 aliphatic heterocycles. The number of hydrogen-bond donors (Lipinski definition) is 0. The SMILES string of the molecule is CCCCCCSC(SCCCCCC)=C1c2cc(C)sc2-c2sc(-c3cc4c(c5nsnc35)-c3cc5c(cc3C4(CCCCCC)CCCCCC)-c3c(cc(C)c4nsnc34)C5(CCCCCC)CCCCCC)cc21. The van der Waals surface area contributed by atoms with Crippen molar-refractivity contribution in [2.24, 2.45) is 0 Å². The van der Waals surface area contributed by atoms with Crippen LogP contribution in [-0.2, 0) is 10.8 Å². The van der Waals surface area contributed by atoms with E-state index in [9.17, 15) is 0 Å². The molecule has 4 heterocycles. The number of aromatic nitrogens is 4. The van der Waals surface area contributed by atoms with Gasteiger partial charge in [0, 0.05) is 58.2 Å². The number of nitrogens with zero attached hydrogens (tertiary/aromatic N) is 4. The van der Waals surface area contributed by atoms with Crippen molar-refractivity contribution >= 4 is 97.3 Å². The lowest BCUT2D eigenvalue weighted by Crippen LogP contribution is -2.27. The maximum absolute atomic E-state index is 5.48. The minimum absolute atomic E-state index is 0.0704. The average molecular weight is 1160 g/mol. The molecule has 4 aromatic heterocycles. The van der Waals surface area contributed by atoms with Crippen LogP contribution < -0.4 is 0 Å². The summed E-state index contributed by atoms with van der Waals surface area (Å²) < 4.78 is 22.6. The Labute approximate surface area is 495 Å². The summed E-state index contributed by atoms with van der Waals surface area (Å²) in [6, 6.07) is 16.0. The molecule has 7 aromatic rings. The van der Waals surface area contributed by atoms with Gasteiger partial charge in [-0.15, -0.1) is 46.2 Å². The minimum atomic E-state index is -0.134. The monoisotopic (exact) mass is 1150 g/mol. The number of rotatable bonds is 33. The van der Waals surface area contributed by atoms with Crippen molar-refractivity contribution in [3.05, 3.63) is 84.5 Å². The Balaban J connectivity index is 1.19. The molecule has 0 saturated carbocycles. The fourth-order valence-electron chi connectivity index (χ4n) is 14.0. The summed E-state index contributed by atoms with van der Waals surface area (Å²) in [5.74, 6) is 2.39. The van der Waals surface area contributed by atoms with Gasteiger partial charge in [0.05, 0.1) is 33.2 Å². The number of thioether (sulfide) groups is 2. The van der Waals surface area contributed by atoms with Gasteiger partial charge in [0.2, 0.25) is 0 Å². The molecule has 0 bridgehead atoms. The first-order valence-corrected chi connectivity index (χ1v) is 36.4. The summed E-state index contributed by atoms with van der Waals surface area (Å²) in [5.41, 5.74) is 23.2. The number of unbranched alkanes of at least 4 members (excludes halogenated alkanes) is 18. The molecule has 0 saturated heterocycles. The van der Waals surface area contributed by atoms with Crippen molar-refractivity contribution in [2.45, 2.75) is 246 Å². The quantitative estimate of drug-likeness (QED) is 0.0382. The molecule has 0 spiro atoms. The van der Waals surface area contributed by atoms with Gasteiger partial charge in [0.25, 0.3) is 0 Å². The summed E-state index contributed by atoms with van der Waals surface area (Å²) in [6.45, 7) is 18.7. The summed E-state index contributed by atoms with van der Waals surface area (Å²) in [4.78, 5) is 5.73. The molecule has 0 amide bonds. The average Bonchev–Trinajstić information content (AvgIpc) is 4.07. The zero-order valence-corrected chi connectivity index (χ0v) is 53.8. The van der Waals surface area contributed by atoms with Crippen molar-refractivity contribution in [1.29, 1.82) is 0 Å². The summed E-state index contributed by atoms with van der Waals surface area (Å²) in [6.07, 6.45) is 35.3. The fraction of sp³-hybridized carbons (Fsp3) is 0.588. The number of thiophene rings is 2. The third-order valence-electron chi connectivity index (χ3n) is 18.1. The van der Waals surface area contributed by atoms with Gasteiger partial charge in [-0.3, -0.25) is 0 Å². The van der Waals surface area contributed by atoms with Crippen LogP contribution in [0.5, 0.6) is 0 Å². The molecule has 0 fully saturated rings. The van der Waals surface area contributed by atoms with Gasteiger partial charge < -0.3 is 0 Å². The third-order valence-corrected chi connectivity index (χ3v) is 24.2. The first kappa shape index (κ1) is 58.3. The number of benzene rings is 3. The van der Waals surface area contributed by atoms with Gasteiger partial charge in [0.1, 0.15) is 22.1 Å². The molecule has 3 aliphatic carbocycles. The van der Waals surface area contributed by atoms with Crippen LogP contribution in [0.2, 0.25) is 0 Å². The minimum Gasteiger partial charge on any atom is -0.173 e. The van der Waals surface area contributed by atoms with E-state index in [1.807, 2.05) is 22.7 Å². The van der Waals surface area contributed by atoms with E-state index in [1.54, 1.807) is 15.4 Å². The van der Waals surface area contributed by atoms with Crippen LogP contribution in [0.15, 0.2) is 40.6 Å². The lowest BCUT2D eigenvalue weighted by atomic mass is 9.68. The zero-order chi connectivity index (χ0) is 54.2. The van der Waals surface area contributed by atoms with Crippen LogP contribution in [0.1, 0.15) is 265 Å². The maximum atomic E-state index is 5.48. The lowest BCUT2D eigenvalue weighted by Gasteiger charge is -2.35. The number of aryl methyl sites for hydroxylation is 2. The Morgan fingerprint density at radius 2 is 0.808 bits per heavy atom. The van der Waals surface area contributed by atoms with Gasteiger partial charge >= 0.3 is 0 Å². The highest BCUT2D eigenvalue weighted by Gasteiger charge is 2.50. The second kappa shape index (κ2) is 27.0. The highest BCUT2D eigenvalue weighted by atomic mass is 32.2. The molecule has 10 rings (SSSR count). The summed E-state index contributed by atoms with van der Waals surface area (Å²) >= 11 is 11.2. The van der Waals surface area contributed by atoms with E-state index in [0.717, 1.165) is 34.9 Å². The Hall–Kier alpha value is -2.86. The van der Waals surface area contributed by atoms with E-state index in [-0.39, 0.29) is 10.8 Å². The molecule has 0 radical (unpaired) electrons. The Kier molecular flexibility index (Phi) is 20.2. The Bertz CT molecular complexity index is 3140. The van der Waals surface area contributed by atoms with Gasteiger partial charge in [-0.25, -0.2) is 0 Å². The first-order valence-electron chi connectivity index (χ1n) is 31.3. The normalized spacial score (nSPS) is 14.4. The number of fused-ring (bicyclic) bond motifs is 13. The first-order chi connectivity index (χ1) is 38.3. The topological polar surface area (TPSA) is 51.6 Å². The largest absolute Gasteiger partial charge is 0.173 e. The molecular formula is C68H90N4S6. The zero-order valence-electron chi connectivity index (χ0n) is 48.9. The van der Waals surface area contributed by atoms with E-state index in [2.05, 4.69) is 115 Å². The van der Waals surface area contributed by atoms with E-state index in [0.29, 0.717) is 0 Å². The van der Waals surface area contributed by atoms with E-state index in [1.165, 1.54) is 283 Å². The maximum Gasteiger partial charge on any atom is 0.114 e. The van der Waals surface area contributed by atoms with Gasteiger partial charge in [0.15, 0.2) is 0 Å². The molecule has 10 heteroatoms. The van der Waals surface area contributed by atoms with E-state index >= 15 is 0 Å². The van der Waals surface area contributed by atoms with Crippen LogP contribution in [-0.4, -0.2) is 29.0 Å². The molecule has 0 N–H and O–H groups in total. The second-order valence-corrected chi connectivity index (χ2v) is 29.5. The van der Waals surface area contributed by atoms with Crippen LogP contribution in [0.3, 0.4) is 0 Å². The van der Waals surface area contributed by atoms with Crippen molar-refractivity contribution in [2.75, 3.05) is 11.5 Å². The predicted octanol–water partition coefficient (Wildman–Crippen LogP) is 23.8. The van der Waals surface area contributed by atoms with Gasteiger partial charge in [-0.2, -0.15) is 17.5 Å². The molecular weight excluding hydrogens is 1070 g/mol. The van der Waals surface area contributed by atoms with Crippen molar-refractivity contribution in [1.82, 2.24) is 17.5 Å². The molecule has 4 nitrogen and oxygen atoms in total. The van der Waals surface area contributed by atoms with Crippen LogP contribution in [0, 0.1) is 13.8 Å². The second-order valence-electron chi connectivity index (χ2n) is 23.7. The van der Waals surface area contributed by atoms with Crippen molar-refractivity contribution < 1.29 is 0 Å².